The standard InChI is InChI=1S/C6H14N/c1-4-6(7)5(2)3/h5-7H,4H2,1-3H3. The van der Waals surface area contributed by atoms with Gasteiger partial charge in [0.2, 0.25) is 0 Å². The van der Waals surface area contributed by atoms with Crippen LogP contribution >= 0.6 is 0 Å². The number of rotatable bonds is 2. The summed E-state index contributed by atoms with van der Waals surface area (Å²) in [7, 11) is 0. The van der Waals surface area contributed by atoms with E-state index in [1.807, 2.05) is 0 Å². The van der Waals surface area contributed by atoms with E-state index in [1.54, 1.807) is 0 Å². The topological polar surface area (TPSA) is 23.8 Å². The van der Waals surface area contributed by atoms with E-state index in [9.17, 15) is 0 Å². The first-order valence-electron chi connectivity index (χ1n) is 2.89. The first-order valence-corrected chi connectivity index (χ1v) is 2.89. The van der Waals surface area contributed by atoms with Crippen LogP contribution in [0, 0.1) is 5.92 Å². The fourth-order valence-electron chi connectivity index (χ4n) is 0.471. The zero-order valence-electron chi connectivity index (χ0n) is 5.36. The maximum Gasteiger partial charge on any atom is 0.0233 e. The molecule has 43 valence electrons. The van der Waals surface area contributed by atoms with E-state index in [2.05, 4.69) is 20.8 Å². The molecule has 0 rings (SSSR count). The first-order chi connectivity index (χ1) is 3.18. The third-order valence-corrected chi connectivity index (χ3v) is 1.24. The lowest BCUT2D eigenvalue weighted by atomic mass is 10.0. The van der Waals surface area contributed by atoms with Crippen molar-refractivity contribution in [1.82, 2.24) is 5.73 Å². The molecule has 0 spiro atoms. The van der Waals surface area contributed by atoms with Gasteiger partial charge in [0.25, 0.3) is 0 Å². The zero-order valence-corrected chi connectivity index (χ0v) is 5.36. The van der Waals surface area contributed by atoms with E-state index in [0.29, 0.717) is 5.92 Å². The highest BCUT2D eigenvalue weighted by Crippen LogP contribution is 2.01. The Kier molecular flexibility index (Phi) is 3.01. The molecule has 0 bridgehead atoms. The average molecular weight is 100 g/mol. The largest absolute Gasteiger partial charge is 0.254 e. The molecule has 0 aromatic carbocycles. The second kappa shape index (κ2) is 3.03. The summed E-state index contributed by atoms with van der Waals surface area (Å²) in [6, 6.07) is 0.153. The van der Waals surface area contributed by atoms with Crippen molar-refractivity contribution in [3.63, 3.8) is 0 Å². The summed E-state index contributed by atoms with van der Waals surface area (Å²) in [6.45, 7) is 6.22. The van der Waals surface area contributed by atoms with Crippen molar-refractivity contribution in [2.24, 2.45) is 5.92 Å². The van der Waals surface area contributed by atoms with Crippen LogP contribution in [0.15, 0.2) is 0 Å². The van der Waals surface area contributed by atoms with Crippen LogP contribution in [0.2, 0.25) is 0 Å². The van der Waals surface area contributed by atoms with Crippen molar-refractivity contribution < 1.29 is 0 Å². The van der Waals surface area contributed by atoms with E-state index in [0.717, 1.165) is 6.42 Å². The monoisotopic (exact) mass is 100 g/mol. The molecule has 1 heteroatoms. The van der Waals surface area contributed by atoms with Crippen molar-refractivity contribution in [3.8, 4) is 0 Å². The van der Waals surface area contributed by atoms with Gasteiger partial charge in [-0.15, -0.1) is 0 Å². The van der Waals surface area contributed by atoms with Crippen LogP contribution < -0.4 is 5.73 Å². The molecule has 0 aliphatic heterocycles. The minimum Gasteiger partial charge on any atom is -0.254 e. The quantitative estimate of drug-likeness (QED) is 0.504. The molecule has 0 heterocycles. The summed E-state index contributed by atoms with van der Waals surface area (Å²) in [5, 5.41) is 0. The maximum absolute atomic E-state index is 7.28. The Balaban J connectivity index is 3.14. The molecule has 0 aromatic heterocycles. The predicted molar refractivity (Wildman–Crippen MR) is 32.0 cm³/mol. The molecule has 0 fully saturated rings. The highest BCUT2D eigenvalue weighted by molar-refractivity contribution is 4.59. The van der Waals surface area contributed by atoms with Gasteiger partial charge < -0.3 is 0 Å². The van der Waals surface area contributed by atoms with Gasteiger partial charge in [-0.3, -0.25) is 5.73 Å². The highest BCUT2D eigenvalue weighted by Gasteiger charge is 2.02. The van der Waals surface area contributed by atoms with Crippen LogP contribution in [-0.4, -0.2) is 6.04 Å². The lowest BCUT2D eigenvalue weighted by molar-refractivity contribution is 0.468. The second-order valence-corrected chi connectivity index (χ2v) is 2.26. The second-order valence-electron chi connectivity index (χ2n) is 2.26. The molecule has 0 saturated heterocycles. The molecule has 0 aliphatic carbocycles. The molecule has 0 saturated carbocycles. The molecule has 1 nitrogen and oxygen atoms in total. The van der Waals surface area contributed by atoms with Gasteiger partial charge in [0, 0.05) is 6.04 Å². The molecule has 0 amide bonds. The Morgan fingerprint density at radius 2 is 1.86 bits per heavy atom. The van der Waals surface area contributed by atoms with Crippen LogP contribution in [-0.2, 0) is 0 Å². The van der Waals surface area contributed by atoms with Crippen molar-refractivity contribution in [1.29, 1.82) is 0 Å². The van der Waals surface area contributed by atoms with Gasteiger partial charge >= 0.3 is 0 Å². The van der Waals surface area contributed by atoms with Crippen molar-refractivity contribution in [2.45, 2.75) is 33.2 Å². The van der Waals surface area contributed by atoms with Gasteiger partial charge in [-0.25, -0.2) is 0 Å². The maximum atomic E-state index is 7.28. The molecular weight excluding hydrogens is 86.1 g/mol. The van der Waals surface area contributed by atoms with Crippen LogP contribution in [0.1, 0.15) is 27.2 Å². The van der Waals surface area contributed by atoms with Gasteiger partial charge in [-0.2, -0.15) is 0 Å². The van der Waals surface area contributed by atoms with Crippen LogP contribution in [0.5, 0.6) is 0 Å². The predicted octanol–water partition coefficient (Wildman–Crippen LogP) is 1.70. The third-order valence-electron chi connectivity index (χ3n) is 1.24. The van der Waals surface area contributed by atoms with Gasteiger partial charge in [0.05, 0.1) is 0 Å². The molecule has 1 unspecified atom stereocenters. The minimum absolute atomic E-state index is 0.153. The van der Waals surface area contributed by atoms with Crippen molar-refractivity contribution in [3.05, 3.63) is 0 Å². The molecular formula is C6H14N. The molecule has 1 atom stereocenters. The van der Waals surface area contributed by atoms with Gasteiger partial charge in [0.1, 0.15) is 0 Å². The smallest absolute Gasteiger partial charge is 0.0233 e. The van der Waals surface area contributed by atoms with Gasteiger partial charge in [-0.05, 0) is 12.3 Å². The van der Waals surface area contributed by atoms with E-state index >= 15 is 0 Å². The van der Waals surface area contributed by atoms with Gasteiger partial charge in [0.15, 0.2) is 0 Å². The molecule has 0 aliphatic rings. The normalized spacial score (nSPS) is 15.0. The lowest BCUT2D eigenvalue weighted by Crippen LogP contribution is -2.14. The summed E-state index contributed by atoms with van der Waals surface area (Å²) in [4.78, 5) is 0. The zero-order chi connectivity index (χ0) is 5.86. The molecule has 1 radical (unpaired) electrons. The molecule has 7 heavy (non-hydrogen) atoms. The number of hydrogen-bond donors (Lipinski definition) is 0. The molecule has 1 N–H and O–H groups in total. The molecule has 0 aromatic rings. The van der Waals surface area contributed by atoms with E-state index in [1.165, 1.54) is 0 Å². The highest BCUT2D eigenvalue weighted by atomic mass is 14.6. The Morgan fingerprint density at radius 3 is 1.86 bits per heavy atom. The lowest BCUT2D eigenvalue weighted by Gasteiger charge is -2.09. The summed E-state index contributed by atoms with van der Waals surface area (Å²) >= 11 is 0. The Bertz CT molecular complexity index is 41.4. The minimum atomic E-state index is 0.153. The number of hydrogen-bond acceptors (Lipinski definition) is 0. The SMILES string of the molecule is CCC([NH])C(C)C. The Hall–Kier alpha value is -0.0400. The summed E-state index contributed by atoms with van der Waals surface area (Å²) < 4.78 is 0. The van der Waals surface area contributed by atoms with Crippen molar-refractivity contribution >= 4 is 0 Å². The van der Waals surface area contributed by atoms with E-state index < -0.39 is 0 Å². The summed E-state index contributed by atoms with van der Waals surface area (Å²) in [5.41, 5.74) is 7.28. The fraction of sp³-hybridized carbons (Fsp3) is 1.00. The Labute approximate surface area is 45.9 Å². The average Bonchev–Trinajstić information content (AvgIpc) is 1.65. The Morgan fingerprint density at radius 1 is 1.43 bits per heavy atom. The van der Waals surface area contributed by atoms with Gasteiger partial charge in [-0.1, -0.05) is 20.8 Å². The first kappa shape index (κ1) is 6.96. The third kappa shape index (κ3) is 2.63. The van der Waals surface area contributed by atoms with E-state index in [-0.39, 0.29) is 6.04 Å². The summed E-state index contributed by atoms with van der Waals surface area (Å²) in [5.74, 6) is 0.532. The van der Waals surface area contributed by atoms with Crippen molar-refractivity contribution in [2.75, 3.05) is 0 Å². The van der Waals surface area contributed by atoms with Crippen LogP contribution in [0.4, 0.5) is 0 Å². The van der Waals surface area contributed by atoms with Crippen LogP contribution in [0.3, 0.4) is 0 Å². The summed E-state index contributed by atoms with van der Waals surface area (Å²) in [6.07, 6.45) is 0.984. The number of nitrogens with one attached hydrogen (secondary N) is 1. The fourth-order valence-corrected chi connectivity index (χ4v) is 0.471. The van der Waals surface area contributed by atoms with Crippen LogP contribution in [0.25, 0.3) is 0 Å². The van der Waals surface area contributed by atoms with E-state index in [4.69, 9.17) is 5.73 Å².